The molecule has 0 spiro atoms. The van der Waals surface area contributed by atoms with E-state index in [1.165, 1.54) is 27.8 Å². The van der Waals surface area contributed by atoms with Crippen molar-refractivity contribution < 1.29 is 24.7 Å². The van der Waals surface area contributed by atoms with Crippen molar-refractivity contribution in [2.24, 2.45) is 0 Å². The number of benzene rings is 2. The van der Waals surface area contributed by atoms with Crippen molar-refractivity contribution in [1.82, 2.24) is 0 Å². The fourth-order valence-electron chi connectivity index (χ4n) is 2.45. The summed E-state index contributed by atoms with van der Waals surface area (Å²) < 4.78 is 0.597. The Morgan fingerprint density at radius 2 is 1.65 bits per heavy atom. The number of aryl methyl sites for hydroxylation is 1. The Morgan fingerprint density at radius 3 is 2.41 bits per heavy atom. The fraction of sp³-hybridized carbons (Fsp3) is 0.125. The van der Waals surface area contributed by atoms with Gasteiger partial charge in [0, 0.05) is 0 Å². The van der Waals surface area contributed by atoms with Gasteiger partial charge < -0.3 is 0 Å². The van der Waals surface area contributed by atoms with Gasteiger partial charge in [-0.05, 0) is 0 Å². The summed E-state index contributed by atoms with van der Waals surface area (Å²) in [6.45, 7) is 2.20. The van der Waals surface area contributed by atoms with Crippen LogP contribution >= 0.6 is 0 Å². The van der Waals surface area contributed by atoms with Crippen LogP contribution in [-0.4, -0.2) is 0 Å². The molecule has 1 aliphatic carbocycles. The van der Waals surface area contributed by atoms with Crippen LogP contribution in [0, 0.1) is 6.92 Å². The molecule has 2 aromatic carbocycles. The van der Waals surface area contributed by atoms with E-state index in [0.29, 0.717) is 3.63 Å². The Hall–Kier alpha value is -0.937. The molecule has 0 heterocycles. The number of hydrogen-bond acceptors (Lipinski definition) is 0. The molecular formula is C16H13Zr. The second-order valence-corrected chi connectivity index (χ2v) is 5.90. The summed E-state index contributed by atoms with van der Waals surface area (Å²) >= 11 is 1.57. The van der Waals surface area contributed by atoms with E-state index in [0.717, 1.165) is 0 Å². The summed E-state index contributed by atoms with van der Waals surface area (Å²) in [5.41, 5.74) is 7.16. The zero-order valence-electron chi connectivity index (χ0n) is 9.77. The predicted octanol–water partition coefficient (Wildman–Crippen LogP) is 4.14. The fourth-order valence-corrected chi connectivity index (χ4v) is 3.69. The molecular weight excluding hydrogens is 283 g/mol. The first-order valence-corrected chi connectivity index (χ1v) is 7.27. The summed E-state index contributed by atoms with van der Waals surface area (Å²) in [5, 5.41) is 0. The molecule has 1 unspecified atom stereocenters. The molecule has 0 amide bonds. The molecule has 0 radical (unpaired) electrons. The summed E-state index contributed by atoms with van der Waals surface area (Å²) in [6, 6.07) is 17.4. The standard InChI is InChI=1S/C16H13.Zr/c1-12-6-2-5-9-16(12)15-10-13-7-3-4-8-14(13)11-15;/h2-11H,1H3;. The van der Waals surface area contributed by atoms with Crippen molar-refractivity contribution in [1.29, 1.82) is 0 Å². The molecule has 0 nitrogen and oxygen atoms in total. The maximum atomic E-state index is 2.36. The van der Waals surface area contributed by atoms with Crippen LogP contribution in [0.1, 0.15) is 25.9 Å². The molecule has 0 N–H and O–H groups in total. The Morgan fingerprint density at radius 1 is 0.941 bits per heavy atom. The molecule has 0 saturated carbocycles. The van der Waals surface area contributed by atoms with Gasteiger partial charge in [-0.3, -0.25) is 0 Å². The molecule has 17 heavy (non-hydrogen) atoms. The predicted molar refractivity (Wildman–Crippen MR) is 68.2 cm³/mol. The Kier molecular flexibility index (Phi) is 2.88. The molecule has 1 aliphatic rings. The van der Waals surface area contributed by atoms with E-state index >= 15 is 0 Å². The Balaban J connectivity index is 2.12. The van der Waals surface area contributed by atoms with Crippen molar-refractivity contribution in [3.63, 3.8) is 0 Å². The average molecular weight is 297 g/mol. The quantitative estimate of drug-likeness (QED) is 0.742. The van der Waals surface area contributed by atoms with Gasteiger partial charge >= 0.3 is 118 Å². The number of fused-ring (bicyclic) bond motifs is 1. The van der Waals surface area contributed by atoms with Gasteiger partial charge in [0.1, 0.15) is 0 Å². The van der Waals surface area contributed by atoms with Gasteiger partial charge in [-0.2, -0.15) is 0 Å². The van der Waals surface area contributed by atoms with Gasteiger partial charge in [-0.25, -0.2) is 0 Å². The van der Waals surface area contributed by atoms with E-state index < -0.39 is 0 Å². The third-order valence-electron chi connectivity index (χ3n) is 3.39. The van der Waals surface area contributed by atoms with Gasteiger partial charge in [0.15, 0.2) is 0 Å². The van der Waals surface area contributed by atoms with Crippen molar-refractivity contribution >= 4 is 11.6 Å². The molecule has 1 heteroatoms. The van der Waals surface area contributed by atoms with Crippen LogP contribution in [0.15, 0.2) is 48.5 Å². The molecule has 2 aromatic rings. The van der Waals surface area contributed by atoms with Crippen LogP contribution < -0.4 is 0 Å². The molecule has 0 aromatic heterocycles. The van der Waals surface area contributed by atoms with Gasteiger partial charge in [-0.15, -0.1) is 0 Å². The third kappa shape index (κ3) is 1.87. The SMILES string of the molecule is Cc1ccccc1C1=Cc2ccccc2[CH]1[Zr]. The zero-order chi connectivity index (χ0) is 11.8. The minimum absolute atomic E-state index is 0.597. The van der Waals surface area contributed by atoms with Gasteiger partial charge in [-0.1, -0.05) is 0 Å². The van der Waals surface area contributed by atoms with Crippen LogP contribution in [0.5, 0.6) is 0 Å². The van der Waals surface area contributed by atoms with E-state index in [4.69, 9.17) is 0 Å². The molecule has 0 fully saturated rings. The van der Waals surface area contributed by atoms with Gasteiger partial charge in [0.25, 0.3) is 0 Å². The average Bonchev–Trinajstić information content (AvgIpc) is 2.68. The summed E-state index contributed by atoms with van der Waals surface area (Å²) in [7, 11) is 0. The maximum absolute atomic E-state index is 2.36. The Labute approximate surface area is 117 Å². The summed E-state index contributed by atoms with van der Waals surface area (Å²) in [5.74, 6) is 0. The molecule has 0 saturated heterocycles. The molecule has 0 bridgehead atoms. The van der Waals surface area contributed by atoms with E-state index in [-0.39, 0.29) is 0 Å². The minimum atomic E-state index is 0.597. The van der Waals surface area contributed by atoms with Crippen LogP contribution in [0.2, 0.25) is 0 Å². The van der Waals surface area contributed by atoms with Crippen molar-refractivity contribution in [3.05, 3.63) is 70.8 Å². The van der Waals surface area contributed by atoms with Crippen LogP contribution in [0.3, 0.4) is 0 Å². The molecule has 0 aliphatic heterocycles. The summed E-state index contributed by atoms with van der Waals surface area (Å²) in [6.07, 6.45) is 2.36. The van der Waals surface area contributed by atoms with E-state index in [2.05, 4.69) is 61.5 Å². The van der Waals surface area contributed by atoms with Crippen molar-refractivity contribution in [2.75, 3.05) is 0 Å². The topological polar surface area (TPSA) is 0 Å². The number of rotatable bonds is 1. The molecule has 1 atom stereocenters. The number of allylic oxidation sites excluding steroid dienone is 1. The van der Waals surface area contributed by atoms with E-state index in [1.54, 1.807) is 24.7 Å². The van der Waals surface area contributed by atoms with Crippen molar-refractivity contribution in [2.45, 2.75) is 10.5 Å². The third-order valence-corrected chi connectivity index (χ3v) is 4.91. The zero-order valence-corrected chi connectivity index (χ0v) is 12.2. The first kappa shape index (κ1) is 11.2. The van der Waals surface area contributed by atoms with Crippen molar-refractivity contribution in [3.8, 4) is 0 Å². The second-order valence-electron chi connectivity index (χ2n) is 4.48. The first-order valence-electron chi connectivity index (χ1n) is 5.85. The van der Waals surface area contributed by atoms with Gasteiger partial charge in [0.2, 0.25) is 0 Å². The van der Waals surface area contributed by atoms with Gasteiger partial charge in [0.05, 0.1) is 0 Å². The van der Waals surface area contributed by atoms with Crippen LogP contribution in [-0.2, 0) is 24.7 Å². The van der Waals surface area contributed by atoms with Crippen LogP contribution in [0.4, 0.5) is 0 Å². The normalized spacial score (nSPS) is 17.6. The molecule has 3 rings (SSSR count). The number of hydrogen-bond donors (Lipinski definition) is 0. The first-order chi connectivity index (χ1) is 8.27. The van der Waals surface area contributed by atoms with Crippen LogP contribution in [0.25, 0.3) is 11.6 Å². The Bertz CT molecular complexity index is 596. The van der Waals surface area contributed by atoms with E-state index in [9.17, 15) is 0 Å². The molecule has 81 valence electrons. The van der Waals surface area contributed by atoms with E-state index in [1.807, 2.05) is 0 Å². The second kappa shape index (κ2) is 4.39. The monoisotopic (exact) mass is 295 g/mol. The summed E-state index contributed by atoms with van der Waals surface area (Å²) in [4.78, 5) is 0.